The fraction of sp³-hybridized carbons (Fsp3) is 0.846. The van der Waals surface area contributed by atoms with Gasteiger partial charge in [0.05, 0.1) is 12.1 Å². The second kappa shape index (κ2) is 6.26. The summed E-state index contributed by atoms with van der Waals surface area (Å²) < 4.78 is 5.09. The lowest BCUT2D eigenvalue weighted by atomic mass is 9.80. The third kappa shape index (κ3) is 3.72. The van der Waals surface area contributed by atoms with Gasteiger partial charge in [0.15, 0.2) is 0 Å². The molecule has 6 heteroatoms. The van der Waals surface area contributed by atoms with Crippen molar-refractivity contribution < 1.29 is 9.84 Å². The largest absolute Gasteiger partial charge is 0.389 e. The van der Waals surface area contributed by atoms with E-state index in [4.69, 9.17) is 4.74 Å². The molecule has 108 valence electrons. The maximum absolute atomic E-state index is 10.6. The number of rotatable bonds is 5. The fourth-order valence-electron chi connectivity index (χ4n) is 2.63. The topological polar surface area (TPSA) is 58.5 Å². The molecule has 1 aromatic heterocycles. The number of piperidine rings is 1. The van der Waals surface area contributed by atoms with Crippen molar-refractivity contribution in [3.05, 3.63) is 10.0 Å². The average molecular weight is 285 g/mol. The van der Waals surface area contributed by atoms with Crippen LogP contribution >= 0.6 is 11.3 Å². The van der Waals surface area contributed by atoms with Crippen LogP contribution in [0.5, 0.6) is 0 Å². The first-order valence-corrected chi connectivity index (χ1v) is 7.58. The van der Waals surface area contributed by atoms with Crippen LogP contribution in [-0.2, 0) is 11.3 Å². The first-order chi connectivity index (χ1) is 9.03. The van der Waals surface area contributed by atoms with Crippen LogP contribution in [0.25, 0.3) is 0 Å². The van der Waals surface area contributed by atoms with Crippen LogP contribution in [0.15, 0.2) is 0 Å². The molecule has 1 N–H and O–H groups in total. The van der Waals surface area contributed by atoms with Crippen LogP contribution < -0.4 is 0 Å². The smallest absolute Gasteiger partial charge is 0.131 e. The summed E-state index contributed by atoms with van der Waals surface area (Å²) in [6, 6.07) is 0. The van der Waals surface area contributed by atoms with Gasteiger partial charge in [0, 0.05) is 26.8 Å². The summed E-state index contributed by atoms with van der Waals surface area (Å²) in [4.78, 5) is 2.35. The summed E-state index contributed by atoms with van der Waals surface area (Å²) >= 11 is 1.65. The number of likely N-dealkylation sites (tertiary alicyclic amines) is 1. The van der Waals surface area contributed by atoms with Gasteiger partial charge in [-0.2, -0.15) is 0 Å². The van der Waals surface area contributed by atoms with Gasteiger partial charge in [-0.15, -0.1) is 21.5 Å². The quantitative estimate of drug-likeness (QED) is 0.887. The average Bonchev–Trinajstić information content (AvgIpc) is 2.77. The highest BCUT2D eigenvalue weighted by molar-refractivity contribution is 7.11. The summed E-state index contributed by atoms with van der Waals surface area (Å²) in [6.07, 6.45) is 1.52. The van der Waals surface area contributed by atoms with E-state index in [1.165, 1.54) is 0 Å². The molecule has 0 bridgehead atoms. The molecular weight excluding hydrogens is 262 g/mol. The standard InChI is InChI=1S/C13H23N3O2S/c1-10-8-16(9-12-15-14-11(2)19-12)6-4-13(10,17)5-7-18-3/h10,17H,4-9H2,1-3H3/t10-,13-/m1/s1. The van der Waals surface area contributed by atoms with Gasteiger partial charge in [0.1, 0.15) is 10.0 Å². The highest BCUT2D eigenvalue weighted by Crippen LogP contribution is 2.31. The lowest BCUT2D eigenvalue weighted by Crippen LogP contribution is -2.51. The zero-order chi connectivity index (χ0) is 13.9. The van der Waals surface area contributed by atoms with Crippen molar-refractivity contribution in [2.24, 2.45) is 5.92 Å². The Kier molecular flexibility index (Phi) is 4.89. The van der Waals surface area contributed by atoms with Gasteiger partial charge in [-0.05, 0) is 25.7 Å². The van der Waals surface area contributed by atoms with E-state index in [1.807, 2.05) is 6.92 Å². The molecule has 2 heterocycles. The van der Waals surface area contributed by atoms with Gasteiger partial charge >= 0.3 is 0 Å². The van der Waals surface area contributed by atoms with Gasteiger partial charge in [0.2, 0.25) is 0 Å². The Morgan fingerprint density at radius 2 is 2.32 bits per heavy atom. The molecule has 0 aliphatic carbocycles. The number of ether oxygens (including phenoxy) is 1. The number of nitrogens with zero attached hydrogens (tertiary/aromatic N) is 3. The van der Waals surface area contributed by atoms with Crippen LogP contribution in [0.1, 0.15) is 29.8 Å². The first-order valence-electron chi connectivity index (χ1n) is 6.76. The Morgan fingerprint density at radius 1 is 1.53 bits per heavy atom. The molecule has 0 radical (unpaired) electrons. The SMILES string of the molecule is COCC[C@]1(O)CCN(Cc2nnc(C)s2)C[C@H]1C. The molecule has 19 heavy (non-hydrogen) atoms. The number of methoxy groups -OCH3 is 1. The van der Waals surface area contributed by atoms with Crippen LogP contribution in [0.3, 0.4) is 0 Å². The van der Waals surface area contributed by atoms with Gasteiger partial charge in [-0.1, -0.05) is 6.92 Å². The normalized spacial score (nSPS) is 28.7. The van der Waals surface area contributed by atoms with Crippen molar-refractivity contribution >= 4 is 11.3 Å². The number of aromatic nitrogens is 2. The maximum atomic E-state index is 10.6. The predicted molar refractivity (Wildman–Crippen MR) is 75.1 cm³/mol. The Hall–Kier alpha value is -0.560. The predicted octanol–water partition coefficient (Wildman–Crippen LogP) is 1.46. The molecule has 1 fully saturated rings. The minimum atomic E-state index is -0.580. The van der Waals surface area contributed by atoms with E-state index in [1.54, 1.807) is 18.4 Å². The molecule has 5 nitrogen and oxygen atoms in total. The molecule has 0 unspecified atom stereocenters. The molecule has 2 atom stereocenters. The monoisotopic (exact) mass is 285 g/mol. The minimum absolute atomic E-state index is 0.255. The highest BCUT2D eigenvalue weighted by atomic mass is 32.1. The fourth-order valence-corrected chi connectivity index (χ4v) is 3.38. The summed E-state index contributed by atoms with van der Waals surface area (Å²) in [5, 5.41) is 20.9. The molecule has 1 aliphatic rings. The Labute approximate surface area is 118 Å². The molecule has 0 amide bonds. The number of hydrogen-bond donors (Lipinski definition) is 1. The zero-order valence-electron chi connectivity index (χ0n) is 11.9. The molecule has 0 saturated carbocycles. The Bertz CT molecular complexity index is 412. The van der Waals surface area contributed by atoms with E-state index in [2.05, 4.69) is 22.0 Å². The lowest BCUT2D eigenvalue weighted by Gasteiger charge is -2.43. The van der Waals surface area contributed by atoms with Gasteiger partial charge in [0.25, 0.3) is 0 Å². The molecule has 1 aliphatic heterocycles. The van der Waals surface area contributed by atoms with Crippen molar-refractivity contribution in [2.45, 2.75) is 38.8 Å². The zero-order valence-corrected chi connectivity index (χ0v) is 12.7. The number of aryl methyl sites for hydroxylation is 1. The molecule has 2 rings (SSSR count). The number of hydrogen-bond acceptors (Lipinski definition) is 6. The summed E-state index contributed by atoms with van der Waals surface area (Å²) in [5.41, 5.74) is -0.580. The van der Waals surface area contributed by atoms with Crippen LogP contribution in [-0.4, -0.2) is 52.6 Å². The van der Waals surface area contributed by atoms with Crippen LogP contribution in [0, 0.1) is 12.8 Å². The third-order valence-corrected chi connectivity index (χ3v) is 4.80. The van der Waals surface area contributed by atoms with Crippen molar-refractivity contribution in [1.29, 1.82) is 0 Å². The van der Waals surface area contributed by atoms with E-state index >= 15 is 0 Å². The van der Waals surface area contributed by atoms with Gasteiger partial charge in [-0.25, -0.2) is 0 Å². The first kappa shape index (κ1) is 14.8. The lowest BCUT2D eigenvalue weighted by molar-refractivity contribution is -0.0827. The second-order valence-corrected chi connectivity index (χ2v) is 6.71. The summed E-state index contributed by atoms with van der Waals surface area (Å²) in [6.45, 7) is 7.37. The molecule has 0 aromatic carbocycles. The van der Waals surface area contributed by atoms with E-state index < -0.39 is 5.60 Å². The van der Waals surface area contributed by atoms with Gasteiger partial charge in [-0.3, -0.25) is 4.90 Å². The third-order valence-electron chi connectivity index (χ3n) is 3.98. The Balaban J connectivity index is 1.88. The number of aliphatic hydroxyl groups is 1. The van der Waals surface area contributed by atoms with E-state index in [0.29, 0.717) is 6.61 Å². The van der Waals surface area contributed by atoms with Crippen molar-refractivity contribution in [2.75, 3.05) is 26.8 Å². The van der Waals surface area contributed by atoms with Crippen LogP contribution in [0.4, 0.5) is 0 Å². The van der Waals surface area contributed by atoms with E-state index in [-0.39, 0.29) is 5.92 Å². The summed E-state index contributed by atoms with van der Waals surface area (Å²) in [7, 11) is 1.68. The van der Waals surface area contributed by atoms with Crippen LogP contribution in [0.2, 0.25) is 0 Å². The maximum Gasteiger partial charge on any atom is 0.131 e. The van der Waals surface area contributed by atoms with Gasteiger partial charge < -0.3 is 9.84 Å². The van der Waals surface area contributed by atoms with E-state index in [0.717, 1.165) is 42.5 Å². The van der Waals surface area contributed by atoms with E-state index in [9.17, 15) is 5.11 Å². The minimum Gasteiger partial charge on any atom is -0.389 e. The molecule has 1 saturated heterocycles. The Morgan fingerprint density at radius 3 is 2.89 bits per heavy atom. The molecule has 1 aromatic rings. The van der Waals surface area contributed by atoms with Crippen molar-refractivity contribution in [1.82, 2.24) is 15.1 Å². The van der Waals surface area contributed by atoms with Crippen molar-refractivity contribution in [3.8, 4) is 0 Å². The second-order valence-electron chi connectivity index (χ2n) is 5.45. The molecular formula is C13H23N3O2S. The van der Waals surface area contributed by atoms with Crippen molar-refractivity contribution in [3.63, 3.8) is 0 Å². The highest BCUT2D eigenvalue weighted by Gasteiger charge is 2.38. The molecule has 0 spiro atoms. The summed E-state index contributed by atoms with van der Waals surface area (Å²) in [5.74, 6) is 0.255.